The number of rotatable bonds is 3. The molecular weight excluding hydrogens is 294 g/mol. The second-order valence-electron chi connectivity index (χ2n) is 7.36. The van der Waals surface area contributed by atoms with Crippen LogP contribution < -0.4 is 10.6 Å². The molecule has 1 saturated carbocycles. The summed E-state index contributed by atoms with van der Waals surface area (Å²) in [7, 11) is 2.26. The number of urea groups is 1. The Bertz CT molecular complexity index is 378. The van der Waals surface area contributed by atoms with Crippen LogP contribution in [0.1, 0.15) is 57.8 Å². The van der Waals surface area contributed by atoms with Crippen molar-refractivity contribution in [2.75, 3.05) is 13.3 Å². The third-order valence-electron chi connectivity index (χ3n) is 6.00. The first kappa shape index (κ1) is 16.4. The van der Waals surface area contributed by atoms with Crippen LogP contribution in [0.5, 0.6) is 0 Å². The summed E-state index contributed by atoms with van der Waals surface area (Å²) in [5.41, 5.74) is 0. The van der Waals surface area contributed by atoms with E-state index in [2.05, 4.69) is 28.8 Å². The number of amides is 2. The molecule has 0 spiro atoms. The fourth-order valence-electron chi connectivity index (χ4n) is 4.67. The highest BCUT2D eigenvalue weighted by atomic mass is 32.2. The van der Waals surface area contributed by atoms with Crippen molar-refractivity contribution in [3.8, 4) is 0 Å². The van der Waals surface area contributed by atoms with Crippen LogP contribution in [-0.4, -0.2) is 53.7 Å². The largest absolute Gasteiger partial charge is 0.335 e. The second-order valence-corrected chi connectivity index (χ2v) is 8.43. The van der Waals surface area contributed by atoms with Crippen LogP contribution in [-0.2, 0) is 0 Å². The molecular formula is C17H31N3OS. The lowest BCUT2D eigenvalue weighted by Gasteiger charge is -2.47. The topological polar surface area (TPSA) is 44.4 Å². The lowest BCUT2D eigenvalue weighted by Crippen LogP contribution is -2.57. The van der Waals surface area contributed by atoms with Gasteiger partial charge >= 0.3 is 6.03 Å². The summed E-state index contributed by atoms with van der Waals surface area (Å²) in [5, 5.41) is 7.13. The molecule has 0 radical (unpaired) electrons. The molecule has 3 fully saturated rings. The van der Waals surface area contributed by atoms with Crippen molar-refractivity contribution in [3.63, 3.8) is 0 Å². The molecule has 1 aliphatic carbocycles. The number of carbonyl (C=O) groups is 1. The number of piperidine rings is 2. The van der Waals surface area contributed by atoms with Crippen molar-refractivity contribution in [1.29, 1.82) is 0 Å². The number of hydrogen-bond acceptors (Lipinski definition) is 3. The number of carbonyl (C=O) groups excluding carboxylic acids is 1. The Balaban J connectivity index is 1.49. The van der Waals surface area contributed by atoms with E-state index in [-0.39, 0.29) is 6.03 Å². The molecule has 2 saturated heterocycles. The lowest BCUT2D eigenvalue weighted by atomic mass is 9.82. The van der Waals surface area contributed by atoms with Gasteiger partial charge in [0.15, 0.2) is 0 Å². The Morgan fingerprint density at radius 3 is 2.36 bits per heavy atom. The van der Waals surface area contributed by atoms with Crippen molar-refractivity contribution in [2.24, 2.45) is 0 Å². The summed E-state index contributed by atoms with van der Waals surface area (Å²) < 4.78 is 0. The normalized spacial score (nSPS) is 39.3. The van der Waals surface area contributed by atoms with Gasteiger partial charge in [-0.15, -0.1) is 0 Å². The molecule has 0 aromatic carbocycles. The van der Waals surface area contributed by atoms with Gasteiger partial charge in [-0.2, -0.15) is 11.8 Å². The minimum atomic E-state index is 0.0681. The Kier molecular flexibility index (Phi) is 5.55. The smallest absolute Gasteiger partial charge is 0.315 e. The average Bonchev–Trinajstić information content (AvgIpc) is 2.49. The summed E-state index contributed by atoms with van der Waals surface area (Å²) >= 11 is 1.91. The predicted molar refractivity (Wildman–Crippen MR) is 93.4 cm³/mol. The molecule has 2 N–H and O–H groups in total. The zero-order chi connectivity index (χ0) is 15.5. The van der Waals surface area contributed by atoms with Gasteiger partial charge in [0.05, 0.1) is 0 Å². The van der Waals surface area contributed by atoms with Crippen molar-refractivity contribution in [2.45, 2.75) is 87.2 Å². The molecule has 5 heteroatoms. The minimum absolute atomic E-state index is 0.0681. The Hall–Kier alpha value is -0.420. The summed E-state index contributed by atoms with van der Waals surface area (Å²) in [4.78, 5) is 14.9. The van der Waals surface area contributed by atoms with E-state index in [0.717, 1.165) is 19.3 Å². The molecule has 22 heavy (non-hydrogen) atoms. The third-order valence-corrected chi connectivity index (χ3v) is 7.17. The van der Waals surface area contributed by atoms with Gasteiger partial charge in [-0.05, 0) is 51.8 Å². The van der Waals surface area contributed by atoms with Crippen LogP contribution >= 0.6 is 11.8 Å². The van der Waals surface area contributed by atoms with Crippen molar-refractivity contribution in [1.82, 2.24) is 15.5 Å². The molecule has 2 bridgehead atoms. The summed E-state index contributed by atoms with van der Waals surface area (Å²) in [6.07, 6.45) is 13.3. The van der Waals surface area contributed by atoms with E-state index in [1.165, 1.54) is 38.5 Å². The van der Waals surface area contributed by atoms with E-state index >= 15 is 0 Å². The summed E-state index contributed by atoms with van der Waals surface area (Å²) in [5.74, 6) is 0. The fourth-order valence-corrected chi connectivity index (χ4v) is 5.61. The standard InChI is InChI=1S/C17H31N3OS/c1-20-13-6-5-7-14(20)11-12(10-13)18-17(21)19-15-8-3-4-9-16(15)22-2/h12-16H,3-11H2,1-2H3,(H2,18,19,21). The molecule has 4 atom stereocenters. The van der Waals surface area contributed by atoms with Gasteiger partial charge < -0.3 is 15.5 Å². The highest BCUT2D eigenvalue weighted by Crippen LogP contribution is 2.32. The number of nitrogens with zero attached hydrogens (tertiary/aromatic N) is 1. The van der Waals surface area contributed by atoms with Crippen LogP contribution in [0.4, 0.5) is 4.79 Å². The first-order chi connectivity index (χ1) is 10.7. The molecule has 4 unspecified atom stereocenters. The van der Waals surface area contributed by atoms with Gasteiger partial charge in [0.2, 0.25) is 0 Å². The first-order valence-electron chi connectivity index (χ1n) is 8.99. The Morgan fingerprint density at radius 2 is 1.68 bits per heavy atom. The monoisotopic (exact) mass is 325 g/mol. The quantitative estimate of drug-likeness (QED) is 0.838. The van der Waals surface area contributed by atoms with E-state index in [9.17, 15) is 4.79 Å². The van der Waals surface area contributed by atoms with Crippen LogP contribution in [0.15, 0.2) is 0 Å². The van der Waals surface area contributed by atoms with Gasteiger partial charge in [-0.1, -0.05) is 19.3 Å². The van der Waals surface area contributed by atoms with Gasteiger partial charge in [-0.25, -0.2) is 4.79 Å². The van der Waals surface area contributed by atoms with Crippen LogP contribution in [0, 0.1) is 0 Å². The number of fused-ring (bicyclic) bond motifs is 2. The maximum absolute atomic E-state index is 12.4. The maximum atomic E-state index is 12.4. The SMILES string of the molecule is CSC1CCCCC1NC(=O)NC1CC2CCCC(C1)N2C. The van der Waals surface area contributed by atoms with Gasteiger partial charge in [-0.3, -0.25) is 0 Å². The maximum Gasteiger partial charge on any atom is 0.315 e. The van der Waals surface area contributed by atoms with Crippen molar-refractivity contribution >= 4 is 17.8 Å². The number of nitrogens with one attached hydrogen (secondary N) is 2. The highest BCUT2D eigenvalue weighted by Gasteiger charge is 2.36. The van der Waals surface area contributed by atoms with E-state index < -0.39 is 0 Å². The number of hydrogen-bond donors (Lipinski definition) is 2. The first-order valence-corrected chi connectivity index (χ1v) is 10.3. The van der Waals surface area contributed by atoms with Crippen LogP contribution in [0.2, 0.25) is 0 Å². The van der Waals surface area contributed by atoms with Crippen LogP contribution in [0.3, 0.4) is 0 Å². The van der Waals surface area contributed by atoms with Crippen molar-refractivity contribution < 1.29 is 4.79 Å². The molecule has 2 aliphatic heterocycles. The number of thioether (sulfide) groups is 1. The van der Waals surface area contributed by atoms with E-state index in [0.29, 0.717) is 29.4 Å². The molecule has 0 aromatic heterocycles. The molecule has 0 aromatic rings. The Labute approximate surface area is 139 Å². The highest BCUT2D eigenvalue weighted by molar-refractivity contribution is 7.99. The molecule has 126 valence electrons. The summed E-state index contributed by atoms with van der Waals surface area (Å²) in [6, 6.07) is 2.13. The minimum Gasteiger partial charge on any atom is -0.335 e. The molecule has 3 aliphatic rings. The Morgan fingerprint density at radius 1 is 1.00 bits per heavy atom. The average molecular weight is 326 g/mol. The molecule has 2 amide bonds. The zero-order valence-corrected chi connectivity index (χ0v) is 14.8. The van der Waals surface area contributed by atoms with E-state index in [4.69, 9.17) is 0 Å². The molecule has 3 rings (SSSR count). The zero-order valence-electron chi connectivity index (χ0n) is 14.0. The van der Waals surface area contributed by atoms with Crippen LogP contribution in [0.25, 0.3) is 0 Å². The van der Waals surface area contributed by atoms with E-state index in [1.807, 2.05) is 11.8 Å². The fraction of sp³-hybridized carbons (Fsp3) is 0.941. The molecule has 2 heterocycles. The van der Waals surface area contributed by atoms with Crippen molar-refractivity contribution in [3.05, 3.63) is 0 Å². The summed E-state index contributed by atoms with van der Waals surface area (Å²) in [6.45, 7) is 0. The predicted octanol–water partition coefficient (Wildman–Crippen LogP) is 2.98. The second kappa shape index (κ2) is 7.43. The van der Waals surface area contributed by atoms with Gasteiger partial charge in [0.1, 0.15) is 0 Å². The lowest BCUT2D eigenvalue weighted by molar-refractivity contribution is 0.0507. The van der Waals surface area contributed by atoms with Gasteiger partial charge in [0.25, 0.3) is 0 Å². The third kappa shape index (κ3) is 3.73. The molecule has 4 nitrogen and oxygen atoms in total. The van der Waals surface area contributed by atoms with Gasteiger partial charge in [0, 0.05) is 29.4 Å². The van der Waals surface area contributed by atoms with E-state index in [1.54, 1.807) is 0 Å².